The maximum atomic E-state index is 12.9. The number of phenolic OH excluding ortho intramolecular Hbond substituents is 1. The molecule has 0 bridgehead atoms. The van der Waals surface area contributed by atoms with Gasteiger partial charge in [-0.3, -0.25) is 4.79 Å². The van der Waals surface area contributed by atoms with Gasteiger partial charge >= 0.3 is 0 Å². The van der Waals surface area contributed by atoms with Crippen molar-refractivity contribution in [2.45, 2.75) is 5.60 Å². The summed E-state index contributed by atoms with van der Waals surface area (Å²) in [6.45, 7) is 0. The van der Waals surface area contributed by atoms with Crippen LogP contribution in [0.25, 0.3) is 0 Å². The molecule has 29 heavy (non-hydrogen) atoms. The Hall–Kier alpha value is -3.35. The molecule has 0 heterocycles. The van der Waals surface area contributed by atoms with Crippen LogP contribution in [0.15, 0.2) is 77.9 Å². The van der Waals surface area contributed by atoms with E-state index in [0.29, 0.717) is 16.1 Å². The molecule has 1 amide bonds. The third-order valence-corrected chi connectivity index (χ3v) is 4.59. The van der Waals surface area contributed by atoms with Gasteiger partial charge in [-0.2, -0.15) is 5.10 Å². The van der Waals surface area contributed by atoms with E-state index >= 15 is 0 Å². The van der Waals surface area contributed by atoms with Gasteiger partial charge in [-0.15, -0.1) is 0 Å². The molecule has 6 nitrogen and oxygen atoms in total. The highest BCUT2D eigenvalue weighted by Crippen LogP contribution is 2.32. The fourth-order valence-electron chi connectivity index (χ4n) is 2.88. The van der Waals surface area contributed by atoms with Crippen LogP contribution >= 0.6 is 11.6 Å². The third kappa shape index (κ3) is 4.23. The molecule has 0 atom stereocenters. The quantitative estimate of drug-likeness (QED) is 0.429. The van der Waals surface area contributed by atoms with E-state index in [1.54, 1.807) is 60.7 Å². The van der Waals surface area contributed by atoms with Crippen molar-refractivity contribution in [3.05, 3.63) is 94.5 Å². The van der Waals surface area contributed by atoms with Crippen LogP contribution in [0.4, 0.5) is 0 Å². The van der Waals surface area contributed by atoms with Crippen LogP contribution in [0.1, 0.15) is 16.7 Å². The van der Waals surface area contributed by atoms with Crippen LogP contribution in [0.5, 0.6) is 11.5 Å². The van der Waals surface area contributed by atoms with Crippen molar-refractivity contribution in [2.24, 2.45) is 5.10 Å². The number of halogens is 1. The number of carbonyl (C=O) groups is 1. The lowest BCUT2D eigenvalue weighted by Gasteiger charge is -2.27. The summed E-state index contributed by atoms with van der Waals surface area (Å²) in [7, 11) is 1.40. The van der Waals surface area contributed by atoms with E-state index in [0.717, 1.165) is 0 Å². The summed E-state index contributed by atoms with van der Waals surface area (Å²) in [5, 5.41) is 25.7. The van der Waals surface area contributed by atoms with Crippen molar-refractivity contribution in [1.82, 2.24) is 5.43 Å². The summed E-state index contributed by atoms with van der Waals surface area (Å²) in [6, 6.07) is 20.1. The maximum Gasteiger partial charge on any atom is 0.281 e. The van der Waals surface area contributed by atoms with Crippen molar-refractivity contribution in [3.8, 4) is 11.5 Å². The van der Waals surface area contributed by atoms with E-state index in [4.69, 9.17) is 16.3 Å². The molecule has 0 fully saturated rings. The molecule has 0 unspecified atom stereocenters. The molecule has 0 aliphatic carbocycles. The van der Waals surface area contributed by atoms with Gasteiger partial charge in [-0.1, -0.05) is 72.3 Å². The summed E-state index contributed by atoms with van der Waals surface area (Å²) >= 11 is 5.99. The fourth-order valence-corrected chi connectivity index (χ4v) is 3.09. The van der Waals surface area contributed by atoms with Gasteiger partial charge in [-0.25, -0.2) is 5.43 Å². The van der Waals surface area contributed by atoms with Crippen molar-refractivity contribution in [3.63, 3.8) is 0 Å². The fraction of sp³-hybridized carbons (Fsp3) is 0.0909. The predicted molar refractivity (Wildman–Crippen MR) is 111 cm³/mol. The minimum absolute atomic E-state index is 0.170. The second-order valence-corrected chi connectivity index (χ2v) is 6.62. The van der Waals surface area contributed by atoms with Gasteiger partial charge in [0, 0.05) is 16.7 Å². The van der Waals surface area contributed by atoms with Crippen molar-refractivity contribution in [1.29, 1.82) is 0 Å². The van der Waals surface area contributed by atoms with Gasteiger partial charge < -0.3 is 14.9 Å². The summed E-state index contributed by atoms with van der Waals surface area (Å²) < 4.78 is 5.04. The number of amides is 1. The SMILES string of the molecule is COc1cc(Cl)cc(/C=N/NC(=O)C(O)(c2ccccc2)c2ccccc2)c1O. The number of carbonyl (C=O) groups excluding carboxylic acids is 1. The van der Waals surface area contributed by atoms with Crippen molar-refractivity contribution >= 4 is 23.7 Å². The number of hydrogen-bond acceptors (Lipinski definition) is 5. The van der Waals surface area contributed by atoms with Gasteiger partial charge in [0.05, 0.1) is 13.3 Å². The zero-order valence-corrected chi connectivity index (χ0v) is 16.3. The highest BCUT2D eigenvalue weighted by atomic mass is 35.5. The van der Waals surface area contributed by atoms with Crippen LogP contribution < -0.4 is 10.2 Å². The van der Waals surface area contributed by atoms with E-state index < -0.39 is 11.5 Å². The van der Waals surface area contributed by atoms with E-state index in [1.165, 1.54) is 25.5 Å². The smallest absolute Gasteiger partial charge is 0.281 e. The number of methoxy groups -OCH3 is 1. The summed E-state index contributed by atoms with van der Waals surface area (Å²) in [5.74, 6) is -0.744. The van der Waals surface area contributed by atoms with Gasteiger partial charge in [0.1, 0.15) is 0 Å². The number of rotatable bonds is 6. The first-order chi connectivity index (χ1) is 14.0. The van der Waals surface area contributed by atoms with Crippen molar-refractivity contribution < 1.29 is 19.7 Å². The minimum Gasteiger partial charge on any atom is -0.504 e. The number of phenols is 1. The second kappa shape index (κ2) is 8.77. The summed E-state index contributed by atoms with van der Waals surface area (Å²) in [6.07, 6.45) is 1.22. The first-order valence-corrected chi connectivity index (χ1v) is 9.08. The number of benzene rings is 3. The maximum absolute atomic E-state index is 12.9. The van der Waals surface area contributed by atoms with Gasteiger partial charge in [0.2, 0.25) is 0 Å². The van der Waals surface area contributed by atoms with Gasteiger partial charge in [0.15, 0.2) is 17.1 Å². The van der Waals surface area contributed by atoms with Gasteiger partial charge in [0.25, 0.3) is 5.91 Å². The normalized spacial score (nSPS) is 11.4. The zero-order chi connectivity index (χ0) is 20.9. The second-order valence-electron chi connectivity index (χ2n) is 6.19. The number of hydrogen-bond donors (Lipinski definition) is 3. The number of nitrogens with zero attached hydrogens (tertiary/aromatic N) is 1. The molecule has 0 radical (unpaired) electrons. The molecule has 148 valence electrons. The van der Waals surface area contributed by atoms with E-state index in [1.807, 2.05) is 0 Å². The molecule has 0 spiro atoms. The first kappa shape index (κ1) is 20.4. The lowest BCUT2D eigenvalue weighted by atomic mass is 9.85. The molecular weight excluding hydrogens is 392 g/mol. The largest absolute Gasteiger partial charge is 0.504 e. The Kier molecular flexibility index (Phi) is 6.16. The Labute approximate surface area is 173 Å². The Morgan fingerprint density at radius 2 is 1.62 bits per heavy atom. The topological polar surface area (TPSA) is 91.2 Å². The lowest BCUT2D eigenvalue weighted by molar-refractivity contribution is -0.136. The summed E-state index contributed by atoms with van der Waals surface area (Å²) in [4.78, 5) is 12.9. The average Bonchev–Trinajstić information content (AvgIpc) is 2.76. The molecule has 0 aliphatic rings. The Morgan fingerprint density at radius 3 is 2.14 bits per heavy atom. The number of aromatic hydroxyl groups is 1. The zero-order valence-electron chi connectivity index (χ0n) is 15.5. The molecule has 0 saturated heterocycles. The molecule has 0 aliphatic heterocycles. The van der Waals surface area contributed by atoms with Crippen LogP contribution in [-0.4, -0.2) is 29.4 Å². The highest BCUT2D eigenvalue weighted by molar-refractivity contribution is 6.31. The number of aliphatic hydroxyl groups is 1. The molecule has 3 aromatic rings. The number of nitrogens with one attached hydrogen (secondary N) is 1. The van der Waals surface area contributed by atoms with Gasteiger partial charge in [-0.05, 0) is 17.2 Å². The predicted octanol–water partition coefficient (Wildman–Crippen LogP) is 3.44. The molecule has 0 aromatic heterocycles. The van der Waals surface area contributed by atoms with Crippen LogP contribution in [0.2, 0.25) is 5.02 Å². The van der Waals surface area contributed by atoms with E-state index in [2.05, 4.69) is 10.5 Å². The minimum atomic E-state index is -1.95. The van der Waals surface area contributed by atoms with Crippen molar-refractivity contribution in [2.75, 3.05) is 7.11 Å². The Balaban J connectivity index is 1.91. The standard InChI is InChI=1S/C22H19ClN2O4/c1-29-19-13-18(23)12-15(20(19)26)14-24-25-21(27)22(28,16-8-4-2-5-9-16)17-10-6-3-7-11-17/h2-14,26,28H,1H3,(H,25,27)/b24-14+. The summed E-state index contributed by atoms with van der Waals surface area (Å²) in [5.41, 5.74) is 1.42. The highest BCUT2D eigenvalue weighted by Gasteiger charge is 2.39. The van der Waals surface area contributed by atoms with Crippen LogP contribution in [0.3, 0.4) is 0 Å². The molecular formula is C22H19ClN2O4. The molecule has 3 rings (SSSR count). The molecule has 0 saturated carbocycles. The van der Waals surface area contributed by atoms with Crippen LogP contribution in [0, 0.1) is 0 Å². The Bertz CT molecular complexity index is 984. The first-order valence-electron chi connectivity index (χ1n) is 8.70. The average molecular weight is 411 g/mol. The third-order valence-electron chi connectivity index (χ3n) is 4.37. The molecule has 7 heteroatoms. The number of hydrazone groups is 1. The Morgan fingerprint density at radius 1 is 1.07 bits per heavy atom. The monoisotopic (exact) mass is 410 g/mol. The molecule has 3 aromatic carbocycles. The van der Waals surface area contributed by atoms with Crippen LogP contribution in [-0.2, 0) is 10.4 Å². The number of ether oxygens (including phenoxy) is 1. The lowest BCUT2D eigenvalue weighted by Crippen LogP contribution is -2.43. The molecule has 3 N–H and O–H groups in total. The van der Waals surface area contributed by atoms with E-state index in [-0.39, 0.29) is 17.1 Å². The van der Waals surface area contributed by atoms with E-state index in [9.17, 15) is 15.0 Å².